The molecule has 0 radical (unpaired) electrons. The molecule has 0 saturated heterocycles. The molecule has 2 heterocycles. The summed E-state index contributed by atoms with van der Waals surface area (Å²) in [6, 6.07) is 5.35. The lowest BCUT2D eigenvalue weighted by molar-refractivity contribution is 0.0314. The lowest BCUT2D eigenvalue weighted by Gasteiger charge is -2.33. The molecule has 0 bridgehead atoms. The van der Waals surface area contributed by atoms with E-state index in [2.05, 4.69) is 9.88 Å². The predicted octanol–water partition coefficient (Wildman–Crippen LogP) is 3.46. The van der Waals surface area contributed by atoms with Gasteiger partial charge in [-0.2, -0.15) is 0 Å². The number of pyridine rings is 1. The Bertz CT molecular complexity index is 748. The second-order valence-corrected chi connectivity index (χ2v) is 7.18. The Hall–Kier alpha value is -1.85. The van der Waals surface area contributed by atoms with Gasteiger partial charge in [-0.05, 0) is 50.1 Å². The molecule has 0 atom stereocenters. The average molecular weight is 332 g/mol. The number of aryl methyl sites for hydroxylation is 1. The molecule has 1 aliphatic heterocycles. The molecule has 0 amide bonds. The van der Waals surface area contributed by atoms with Crippen molar-refractivity contribution in [1.82, 2.24) is 9.88 Å². The van der Waals surface area contributed by atoms with Crippen molar-refractivity contribution in [1.29, 1.82) is 0 Å². The van der Waals surface area contributed by atoms with Crippen LogP contribution in [-0.4, -0.2) is 33.7 Å². The Morgan fingerprint density at radius 2 is 1.83 bits per heavy atom. The maximum absolute atomic E-state index is 13.5. The molecular formula is C19H22F2N2O. The van der Waals surface area contributed by atoms with Gasteiger partial charge in [-0.25, -0.2) is 8.78 Å². The van der Waals surface area contributed by atoms with E-state index in [1.54, 1.807) is 13.8 Å². The Morgan fingerprint density at radius 1 is 1.17 bits per heavy atom. The zero-order valence-electron chi connectivity index (χ0n) is 14.2. The van der Waals surface area contributed by atoms with Crippen molar-refractivity contribution >= 4 is 0 Å². The van der Waals surface area contributed by atoms with Crippen molar-refractivity contribution in [3.05, 3.63) is 52.7 Å². The van der Waals surface area contributed by atoms with E-state index in [1.165, 1.54) is 12.1 Å². The van der Waals surface area contributed by atoms with Gasteiger partial charge in [0, 0.05) is 43.4 Å². The number of aromatic nitrogens is 1. The third kappa shape index (κ3) is 3.79. The summed E-state index contributed by atoms with van der Waals surface area (Å²) < 4.78 is 26.9. The van der Waals surface area contributed by atoms with Crippen LogP contribution in [0.3, 0.4) is 0 Å². The first-order chi connectivity index (χ1) is 11.2. The largest absolute Gasteiger partial charge is 0.389 e. The molecule has 1 aliphatic rings. The summed E-state index contributed by atoms with van der Waals surface area (Å²) in [5.74, 6) is -1.20. The molecule has 1 aromatic heterocycles. The summed E-state index contributed by atoms with van der Waals surface area (Å²) in [6.45, 7) is 7.74. The van der Waals surface area contributed by atoms with E-state index < -0.39 is 17.2 Å². The smallest absolute Gasteiger partial charge is 0.126 e. The van der Waals surface area contributed by atoms with Gasteiger partial charge in [0.15, 0.2) is 0 Å². The van der Waals surface area contributed by atoms with Gasteiger partial charge < -0.3 is 5.11 Å². The van der Waals surface area contributed by atoms with Crippen LogP contribution in [0.25, 0.3) is 11.3 Å². The van der Waals surface area contributed by atoms with Crippen LogP contribution in [0.5, 0.6) is 0 Å². The van der Waals surface area contributed by atoms with Gasteiger partial charge in [0.05, 0.1) is 11.3 Å². The van der Waals surface area contributed by atoms with Crippen LogP contribution in [0.1, 0.15) is 30.7 Å². The highest BCUT2D eigenvalue weighted by atomic mass is 19.1. The number of fused-ring (bicyclic) bond motifs is 1. The summed E-state index contributed by atoms with van der Waals surface area (Å²) in [4.78, 5) is 6.84. The molecule has 0 spiro atoms. The normalized spacial score (nSPS) is 15.4. The number of rotatable bonds is 3. The fourth-order valence-corrected chi connectivity index (χ4v) is 3.29. The van der Waals surface area contributed by atoms with E-state index >= 15 is 0 Å². The summed E-state index contributed by atoms with van der Waals surface area (Å²) >= 11 is 0. The Labute approximate surface area is 141 Å². The molecule has 1 aromatic carbocycles. The average Bonchev–Trinajstić information content (AvgIpc) is 2.45. The van der Waals surface area contributed by atoms with Gasteiger partial charge in [-0.3, -0.25) is 9.88 Å². The van der Waals surface area contributed by atoms with E-state index in [-0.39, 0.29) is 0 Å². The van der Waals surface area contributed by atoms with E-state index in [1.807, 2.05) is 13.0 Å². The van der Waals surface area contributed by atoms with Crippen molar-refractivity contribution in [2.45, 2.75) is 39.3 Å². The highest BCUT2D eigenvalue weighted by Crippen LogP contribution is 2.28. The molecule has 0 saturated carbocycles. The minimum absolute atomic E-state index is 0.456. The van der Waals surface area contributed by atoms with Crippen LogP contribution in [0.4, 0.5) is 8.78 Å². The first-order valence-electron chi connectivity index (χ1n) is 8.12. The zero-order chi connectivity index (χ0) is 17.5. The molecule has 0 fully saturated rings. The summed E-state index contributed by atoms with van der Waals surface area (Å²) in [5.41, 5.74) is 3.49. The first kappa shape index (κ1) is 17.0. The topological polar surface area (TPSA) is 36.4 Å². The second kappa shape index (κ2) is 6.22. The van der Waals surface area contributed by atoms with Crippen molar-refractivity contribution in [3.8, 4) is 11.3 Å². The molecular weight excluding hydrogens is 310 g/mol. The predicted molar refractivity (Wildman–Crippen MR) is 89.6 cm³/mol. The molecule has 0 unspecified atom stereocenters. The second-order valence-electron chi connectivity index (χ2n) is 7.18. The van der Waals surface area contributed by atoms with Gasteiger partial charge in [0.25, 0.3) is 0 Å². The van der Waals surface area contributed by atoms with Gasteiger partial charge >= 0.3 is 0 Å². The van der Waals surface area contributed by atoms with Crippen molar-refractivity contribution in [2.75, 3.05) is 13.1 Å². The summed E-state index contributed by atoms with van der Waals surface area (Å²) in [7, 11) is 0. The maximum Gasteiger partial charge on any atom is 0.126 e. The van der Waals surface area contributed by atoms with Gasteiger partial charge in [0.2, 0.25) is 0 Å². The van der Waals surface area contributed by atoms with E-state index in [0.717, 1.165) is 42.4 Å². The zero-order valence-corrected chi connectivity index (χ0v) is 14.2. The first-order valence-corrected chi connectivity index (χ1v) is 8.12. The van der Waals surface area contributed by atoms with Crippen LogP contribution in [0.15, 0.2) is 24.3 Å². The number of benzene rings is 1. The molecule has 1 N–H and O–H groups in total. The van der Waals surface area contributed by atoms with Crippen LogP contribution in [-0.2, 0) is 13.0 Å². The van der Waals surface area contributed by atoms with Crippen LogP contribution in [0, 0.1) is 18.6 Å². The maximum atomic E-state index is 13.5. The van der Waals surface area contributed by atoms with Gasteiger partial charge in [-0.15, -0.1) is 0 Å². The molecule has 24 heavy (non-hydrogen) atoms. The lowest BCUT2D eigenvalue weighted by Crippen LogP contribution is -2.41. The Morgan fingerprint density at radius 3 is 2.46 bits per heavy atom. The SMILES string of the molecule is Cc1cc(-c2cc(F)cc(F)c2)nc2c1CN(CC(C)(C)O)CC2. The van der Waals surface area contributed by atoms with Crippen molar-refractivity contribution in [3.63, 3.8) is 0 Å². The number of aliphatic hydroxyl groups is 1. The molecule has 128 valence electrons. The molecule has 0 aliphatic carbocycles. The van der Waals surface area contributed by atoms with Gasteiger partial charge in [-0.1, -0.05) is 0 Å². The minimum Gasteiger partial charge on any atom is -0.389 e. The summed E-state index contributed by atoms with van der Waals surface area (Å²) in [6.07, 6.45) is 0.762. The fraction of sp³-hybridized carbons (Fsp3) is 0.421. The quantitative estimate of drug-likeness (QED) is 0.935. The van der Waals surface area contributed by atoms with E-state index in [9.17, 15) is 13.9 Å². The van der Waals surface area contributed by atoms with Gasteiger partial charge in [0.1, 0.15) is 11.6 Å². The highest BCUT2D eigenvalue weighted by Gasteiger charge is 2.24. The molecule has 5 heteroatoms. The van der Waals surface area contributed by atoms with Crippen molar-refractivity contribution in [2.24, 2.45) is 0 Å². The van der Waals surface area contributed by atoms with E-state index in [0.29, 0.717) is 17.8 Å². The number of nitrogens with zero attached hydrogens (tertiary/aromatic N) is 2. The standard InChI is InChI=1S/C19H22F2N2O/c1-12-6-18(13-7-14(20)9-15(21)8-13)22-17-4-5-23(10-16(12)17)11-19(2,3)24/h6-9,24H,4-5,10-11H2,1-3H3. The number of hydrogen-bond acceptors (Lipinski definition) is 3. The Kier molecular flexibility index (Phi) is 4.40. The summed E-state index contributed by atoms with van der Waals surface area (Å²) in [5, 5.41) is 10.0. The lowest BCUT2D eigenvalue weighted by atomic mass is 9.97. The minimum atomic E-state index is -0.738. The third-order valence-electron chi connectivity index (χ3n) is 4.25. The number of halogens is 2. The third-order valence-corrected chi connectivity index (χ3v) is 4.25. The van der Waals surface area contributed by atoms with Crippen LogP contribution >= 0.6 is 0 Å². The highest BCUT2D eigenvalue weighted by molar-refractivity contribution is 5.61. The Balaban J connectivity index is 1.92. The number of β-amino-alcohol motifs (C(OH)–C–C–N with tert-alkyl or cyclic N) is 1. The van der Waals surface area contributed by atoms with Crippen LogP contribution in [0.2, 0.25) is 0 Å². The van der Waals surface area contributed by atoms with Crippen molar-refractivity contribution < 1.29 is 13.9 Å². The molecule has 2 aromatic rings. The van der Waals surface area contributed by atoms with Crippen LogP contribution < -0.4 is 0 Å². The molecule has 3 nitrogen and oxygen atoms in total. The van der Waals surface area contributed by atoms with E-state index in [4.69, 9.17) is 0 Å². The monoisotopic (exact) mass is 332 g/mol. The number of hydrogen-bond donors (Lipinski definition) is 1. The molecule has 3 rings (SSSR count). The fourth-order valence-electron chi connectivity index (χ4n) is 3.29.